The molecule has 2 N–H and O–H groups in total. The van der Waals surface area contributed by atoms with Gasteiger partial charge in [-0.2, -0.15) is 13.2 Å². The molecule has 0 amide bonds. The van der Waals surface area contributed by atoms with E-state index < -0.39 is 27.3 Å². The number of nitrogens with two attached hydrogens (primary N) is 1. The summed E-state index contributed by atoms with van der Waals surface area (Å²) in [5, 5.41) is 0. The number of sulfone groups is 1. The molecule has 0 unspecified atom stereocenters. The Bertz CT molecular complexity index is 627. The number of alkyl halides is 3. The van der Waals surface area contributed by atoms with Crippen molar-refractivity contribution in [3.8, 4) is 5.75 Å². The van der Waals surface area contributed by atoms with Crippen LogP contribution in [0.15, 0.2) is 18.2 Å². The Hall–Kier alpha value is -1.35. The number of ether oxygens (including phenoxy) is 1. The van der Waals surface area contributed by atoms with Crippen LogP contribution in [0.3, 0.4) is 0 Å². The van der Waals surface area contributed by atoms with Crippen LogP contribution in [0.25, 0.3) is 0 Å². The van der Waals surface area contributed by atoms with Crippen molar-refractivity contribution in [3.63, 3.8) is 0 Å². The van der Waals surface area contributed by atoms with Gasteiger partial charge >= 0.3 is 6.18 Å². The molecule has 4 nitrogen and oxygen atoms in total. The first-order valence-corrected chi connectivity index (χ1v) is 8.14. The molecule has 0 heterocycles. The Morgan fingerprint density at radius 3 is 2.48 bits per heavy atom. The van der Waals surface area contributed by atoms with Crippen molar-refractivity contribution >= 4 is 27.0 Å². The van der Waals surface area contributed by atoms with Gasteiger partial charge in [0.1, 0.15) is 17.3 Å². The molecule has 21 heavy (non-hydrogen) atoms. The number of thiocarbonyl (C=S) groups is 1. The summed E-state index contributed by atoms with van der Waals surface area (Å²) in [6.07, 6.45) is -4.65. The smallest absolute Gasteiger partial charge is 0.419 e. The first-order valence-electron chi connectivity index (χ1n) is 5.91. The lowest BCUT2D eigenvalue weighted by atomic mass is 10.1. The van der Waals surface area contributed by atoms with Crippen LogP contribution in [0.2, 0.25) is 0 Å². The monoisotopic (exact) mass is 341 g/mol. The van der Waals surface area contributed by atoms with E-state index in [1.165, 1.54) is 13.0 Å². The van der Waals surface area contributed by atoms with Crippen molar-refractivity contribution in [2.45, 2.75) is 13.1 Å². The fourth-order valence-corrected chi connectivity index (χ4v) is 2.21. The number of benzene rings is 1. The zero-order valence-electron chi connectivity index (χ0n) is 11.1. The SMILES string of the molecule is CCS(=O)(=O)CCOc1ccc(C(N)=S)cc1C(F)(F)F. The molecule has 1 aromatic carbocycles. The second-order valence-electron chi connectivity index (χ2n) is 4.16. The van der Waals surface area contributed by atoms with E-state index in [9.17, 15) is 21.6 Å². The molecular formula is C12H14F3NO3S2. The molecule has 0 atom stereocenters. The Labute approximate surface area is 126 Å². The Morgan fingerprint density at radius 2 is 2.00 bits per heavy atom. The number of halogens is 3. The Morgan fingerprint density at radius 1 is 1.38 bits per heavy atom. The van der Waals surface area contributed by atoms with E-state index in [-0.39, 0.29) is 28.7 Å². The lowest BCUT2D eigenvalue weighted by molar-refractivity contribution is -0.138. The van der Waals surface area contributed by atoms with Gasteiger partial charge in [0.15, 0.2) is 9.84 Å². The summed E-state index contributed by atoms with van der Waals surface area (Å²) in [7, 11) is -3.31. The Kier molecular flexibility index (Phi) is 5.57. The first kappa shape index (κ1) is 17.7. The van der Waals surface area contributed by atoms with Gasteiger partial charge in [-0.05, 0) is 18.2 Å². The van der Waals surface area contributed by atoms with E-state index in [2.05, 4.69) is 12.2 Å². The third kappa shape index (κ3) is 5.16. The molecule has 0 aliphatic rings. The molecule has 0 bridgehead atoms. The highest BCUT2D eigenvalue weighted by molar-refractivity contribution is 7.91. The van der Waals surface area contributed by atoms with E-state index in [0.29, 0.717) is 0 Å². The summed E-state index contributed by atoms with van der Waals surface area (Å²) in [6, 6.07) is 3.16. The highest BCUT2D eigenvalue weighted by Gasteiger charge is 2.35. The standard InChI is InChI=1S/C12H14F3NO3S2/c1-2-21(17,18)6-5-19-10-4-3-8(11(16)20)7-9(10)12(13,14)15/h3-4,7H,2,5-6H2,1H3,(H2,16,20). The van der Waals surface area contributed by atoms with Gasteiger partial charge in [0.25, 0.3) is 0 Å². The van der Waals surface area contributed by atoms with Crippen LogP contribution < -0.4 is 10.5 Å². The quantitative estimate of drug-likeness (QED) is 0.803. The topological polar surface area (TPSA) is 69.4 Å². The minimum Gasteiger partial charge on any atom is -0.492 e. The summed E-state index contributed by atoms with van der Waals surface area (Å²) < 4.78 is 66.3. The maximum absolute atomic E-state index is 12.9. The van der Waals surface area contributed by atoms with Crippen LogP contribution in [0, 0.1) is 0 Å². The van der Waals surface area contributed by atoms with Crippen LogP contribution in [0.4, 0.5) is 13.2 Å². The Balaban J connectivity index is 2.99. The average Bonchev–Trinajstić information content (AvgIpc) is 2.37. The van der Waals surface area contributed by atoms with Crippen LogP contribution in [-0.2, 0) is 16.0 Å². The van der Waals surface area contributed by atoms with Crippen LogP contribution >= 0.6 is 12.2 Å². The molecule has 0 radical (unpaired) electrons. The molecule has 1 aromatic rings. The normalized spacial score (nSPS) is 12.2. The molecule has 118 valence electrons. The molecule has 1 rings (SSSR count). The van der Waals surface area contributed by atoms with E-state index in [4.69, 9.17) is 10.5 Å². The van der Waals surface area contributed by atoms with Crippen molar-refractivity contribution in [1.29, 1.82) is 0 Å². The van der Waals surface area contributed by atoms with Gasteiger partial charge < -0.3 is 10.5 Å². The van der Waals surface area contributed by atoms with Crippen LogP contribution in [0.1, 0.15) is 18.1 Å². The lowest BCUT2D eigenvalue weighted by Gasteiger charge is -2.15. The molecule has 0 aliphatic heterocycles. The highest BCUT2D eigenvalue weighted by atomic mass is 32.2. The van der Waals surface area contributed by atoms with Crippen LogP contribution in [0.5, 0.6) is 5.75 Å². The van der Waals surface area contributed by atoms with E-state index in [1.807, 2.05) is 0 Å². The van der Waals surface area contributed by atoms with Crippen molar-refractivity contribution in [1.82, 2.24) is 0 Å². The molecule has 0 fully saturated rings. The largest absolute Gasteiger partial charge is 0.492 e. The molecule has 0 spiro atoms. The maximum atomic E-state index is 12.9. The van der Waals surface area contributed by atoms with Gasteiger partial charge in [-0.25, -0.2) is 8.42 Å². The summed E-state index contributed by atoms with van der Waals surface area (Å²) in [5.41, 5.74) is 4.32. The fraction of sp³-hybridized carbons (Fsp3) is 0.417. The molecule has 0 saturated carbocycles. The van der Waals surface area contributed by atoms with Gasteiger partial charge in [0.05, 0.1) is 11.3 Å². The van der Waals surface area contributed by atoms with Gasteiger partial charge in [-0.15, -0.1) is 0 Å². The van der Waals surface area contributed by atoms with E-state index in [1.54, 1.807) is 0 Å². The predicted octanol–water partition coefficient (Wildman–Crippen LogP) is 2.15. The molecule has 0 saturated heterocycles. The summed E-state index contributed by atoms with van der Waals surface area (Å²) in [5.74, 6) is -0.894. The van der Waals surface area contributed by atoms with Gasteiger partial charge in [-0.3, -0.25) is 0 Å². The highest BCUT2D eigenvalue weighted by Crippen LogP contribution is 2.36. The van der Waals surface area contributed by atoms with Crippen LogP contribution in [-0.4, -0.2) is 31.5 Å². The van der Waals surface area contributed by atoms with Crippen molar-refractivity contribution in [2.75, 3.05) is 18.1 Å². The zero-order valence-corrected chi connectivity index (χ0v) is 12.7. The van der Waals surface area contributed by atoms with Gasteiger partial charge in [0, 0.05) is 11.3 Å². The molecule has 0 aromatic heterocycles. The number of hydrogen-bond acceptors (Lipinski definition) is 4. The van der Waals surface area contributed by atoms with Gasteiger partial charge in [-0.1, -0.05) is 19.1 Å². The molecule has 0 aliphatic carbocycles. The van der Waals surface area contributed by atoms with Crippen molar-refractivity contribution in [2.24, 2.45) is 5.73 Å². The number of hydrogen-bond donors (Lipinski definition) is 1. The minimum absolute atomic E-state index is 0.0610. The lowest BCUT2D eigenvalue weighted by Crippen LogP contribution is -2.18. The predicted molar refractivity (Wildman–Crippen MR) is 77.2 cm³/mol. The minimum atomic E-state index is -4.65. The molecule has 9 heteroatoms. The van der Waals surface area contributed by atoms with E-state index >= 15 is 0 Å². The summed E-state index contributed by atoms with van der Waals surface area (Å²) >= 11 is 4.63. The third-order valence-electron chi connectivity index (χ3n) is 2.66. The maximum Gasteiger partial charge on any atom is 0.419 e. The number of rotatable bonds is 6. The average molecular weight is 341 g/mol. The van der Waals surface area contributed by atoms with Crippen molar-refractivity contribution in [3.05, 3.63) is 29.3 Å². The van der Waals surface area contributed by atoms with Crippen molar-refractivity contribution < 1.29 is 26.3 Å². The third-order valence-corrected chi connectivity index (χ3v) is 4.57. The van der Waals surface area contributed by atoms with E-state index in [0.717, 1.165) is 12.1 Å². The fourth-order valence-electron chi connectivity index (χ4n) is 1.45. The zero-order chi connectivity index (χ0) is 16.3. The molecular weight excluding hydrogens is 327 g/mol. The summed E-state index contributed by atoms with van der Waals surface area (Å²) in [4.78, 5) is -0.166. The summed E-state index contributed by atoms with van der Waals surface area (Å²) in [6.45, 7) is 1.10. The second kappa shape index (κ2) is 6.61. The first-order chi connectivity index (χ1) is 9.57. The second-order valence-corrected chi connectivity index (χ2v) is 7.07. The van der Waals surface area contributed by atoms with Gasteiger partial charge in [0.2, 0.25) is 0 Å².